The summed E-state index contributed by atoms with van der Waals surface area (Å²) in [6.45, 7) is 4.58. The van der Waals surface area contributed by atoms with Gasteiger partial charge < -0.3 is 0 Å². The van der Waals surface area contributed by atoms with Gasteiger partial charge in [-0.15, -0.1) is 6.42 Å². The Labute approximate surface area is 63.4 Å². The Bertz CT molecular complexity index is 128. The molecule has 0 aromatic rings. The summed E-state index contributed by atoms with van der Waals surface area (Å²) < 4.78 is 0. The highest BCUT2D eigenvalue weighted by Gasteiger charge is 2.17. The molecular formula is C9H15N. The number of hydrogen-bond donors (Lipinski definition) is 0. The molecular weight excluding hydrogens is 122 g/mol. The number of terminal acetylenes is 1. The minimum Gasteiger partial charge on any atom is -0.290 e. The molecule has 1 nitrogen and oxygen atoms in total. The zero-order valence-electron chi connectivity index (χ0n) is 6.64. The second-order valence-corrected chi connectivity index (χ2v) is 2.83. The summed E-state index contributed by atoms with van der Waals surface area (Å²) in [5.41, 5.74) is 0. The van der Waals surface area contributed by atoms with Crippen LogP contribution < -0.4 is 0 Å². The van der Waals surface area contributed by atoms with Gasteiger partial charge in [0, 0.05) is 0 Å². The van der Waals surface area contributed by atoms with Gasteiger partial charge in [0.05, 0.1) is 6.04 Å². The van der Waals surface area contributed by atoms with Crippen molar-refractivity contribution in [3.63, 3.8) is 0 Å². The lowest BCUT2D eigenvalue weighted by atomic mass is 10.2. The van der Waals surface area contributed by atoms with Gasteiger partial charge in [-0.1, -0.05) is 12.8 Å². The van der Waals surface area contributed by atoms with Crippen LogP contribution in [0.2, 0.25) is 0 Å². The third kappa shape index (κ3) is 1.52. The minimum atomic E-state index is 0.405. The average Bonchev–Trinajstić information content (AvgIpc) is 2.43. The summed E-state index contributed by atoms with van der Waals surface area (Å²) in [5.74, 6) is 2.82. The van der Waals surface area contributed by atoms with E-state index in [1.807, 2.05) is 0 Å². The monoisotopic (exact) mass is 137 g/mol. The summed E-state index contributed by atoms with van der Waals surface area (Å²) in [5, 5.41) is 0. The fourth-order valence-electron chi connectivity index (χ4n) is 1.53. The maximum Gasteiger partial charge on any atom is 0.0709 e. The van der Waals surface area contributed by atoms with E-state index in [0.29, 0.717) is 6.04 Å². The Kier molecular flexibility index (Phi) is 2.77. The molecule has 1 saturated heterocycles. The number of rotatable bonds is 2. The van der Waals surface area contributed by atoms with Gasteiger partial charge in [0.15, 0.2) is 0 Å². The topological polar surface area (TPSA) is 3.24 Å². The van der Waals surface area contributed by atoms with Crippen LogP contribution in [0.3, 0.4) is 0 Å². The van der Waals surface area contributed by atoms with Crippen LogP contribution >= 0.6 is 0 Å². The van der Waals surface area contributed by atoms with Crippen LogP contribution in [0.1, 0.15) is 26.2 Å². The Balaban J connectivity index is 2.38. The molecule has 1 unspecified atom stereocenters. The largest absolute Gasteiger partial charge is 0.290 e. The normalized spacial score (nSPS) is 22.4. The molecule has 0 radical (unpaired) electrons. The molecule has 1 atom stereocenters. The minimum absolute atomic E-state index is 0.405. The van der Waals surface area contributed by atoms with Crippen LogP contribution in [-0.2, 0) is 0 Å². The first-order valence-corrected chi connectivity index (χ1v) is 4.08. The maximum absolute atomic E-state index is 5.37. The second-order valence-electron chi connectivity index (χ2n) is 2.83. The predicted octanol–water partition coefficient (Wildman–Crippen LogP) is 1.49. The fraction of sp³-hybridized carbons (Fsp3) is 0.778. The van der Waals surface area contributed by atoms with Gasteiger partial charge in [0.1, 0.15) is 0 Å². The van der Waals surface area contributed by atoms with Crippen molar-refractivity contribution in [1.82, 2.24) is 4.90 Å². The molecule has 0 bridgehead atoms. The van der Waals surface area contributed by atoms with Gasteiger partial charge in [-0.2, -0.15) is 0 Å². The SMILES string of the molecule is C#CC(CC)N1CCCC1. The standard InChI is InChI=1S/C9H15N/c1-3-9(4-2)10-7-5-6-8-10/h1,9H,4-8H2,2H3. The first kappa shape index (κ1) is 7.63. The van der Waals surface area contributed by atoms with Crippen LogP contribution in [0.15, 0.2) is 0 Å². The van der Waals surface area contributed by atoms with Crippen LogP contribution in [0.5, 0.6) is 0 Å². The molecule has 1 heteroatoms. The summed E-state index contributed by atoms with van der Waals surface area (Å²) in [6.07, 6.45) is 9.13. The van der Waals surface area contributed by atoms with E-state index >= 15 is 0 Å². The van der Waals surface area contributed by atoms with E-state index in [2.05, 4.69) is 17.7 Å². The van der Waals surface area contributed by atoms with Gasteiger partial charge in [0.25, 0.3) is 0 Å². The van der Waals surface area contributed by atoms with Crippen molar-refractivity contribution in [2.45, 2.75) is 32.2 Å². The molecule has 1 rings (SSSR count). The molecule has 56 valence electrons. The molecule has 10 heavy (non-hydrogen) atoms. The highest BCUT2D eigenvalue weighted by atomic mass is 15.2. The highest BCUT2D eigenvalue weighted by Crippen LogP contribution is 2.12. The molecule has 1 fully saturated rings. The van der Waals surface area contributed by atoms with Crippen molar-refractivity contribution in [3.8, 4) is 12.3 Å². The number of nitrogens with zero attached hydrogens (tertiary/aromatic N) is 1. The highest BCUT2D eigenvalue weighted by molar-refractivity contribution is 5.00. The van der Waals surface area contributed by atoms with Crippen molar-refractivity contribution < 1.29 is 0 Å². The lowest BCUT2D eigenvalue weighted by Crippen LogP contribution is -2.30. The zero-order chi connectivity index (χ0) is 7.40. The van der Waals surface area contributed by atoms with E-state index in [1.165, 1.54) is 25.9 Å². The van der Waals surface area contributed by atoms with Crippen LogP contribution in [0, 0.1) is 12.3 Å². The third-order valence-corrected chi connectivity index (χ3v) is 2.16. The molecule has 0 amide bonds. The molecule has 0 aromatic carbocycles. The van der Waals surface area contributed by atoms with E-state index < -0.39 is 0 Å². The van der Waals surface area contributed by atoms with E-state index in [0.717, 1.165) is 6.42 Å². The van der Waals surface area contributed by atoms with Gasteiger partial charge in [0.2, 0.25) is 0 Å². The molecule has 0 aromatic heterocycles. The molecule has 0 N–H and O–H groups in total. The Hall–Kier alpha value is -0.480. The van der Waals surface area contributed by atoms with Gasteiger partial charge in [-0.25, -0.2) is 0 Å². The van der Waals surface area contributed by atoms with Crippen molar-refractivity contribution in [2.75, 3.05) is 13.1 Å². The summed E-state index contributed by atoms with van der Waals surface area (Å²) in [6, 6.07) is 0.405. The van der Waals surface area contributed by atoms with E-state index in [4.69, 9.17) is 6.42 Å². The predicted molar refractivity (Wildman–Crippen MR) is 43.7 cm³/mol. The van der Waals surface area contributed by atoms with Gasteiger partial charge >= 0.3 is 0 Å². The number of hydrogen-bond acceptors (Lipinski definition) is 1. The van der Waals surface area contributed by atoms with Crippen molar-refractivity contribution >= 4 is 0 Å². The first-order valence-electron chi connectivity index (χ1n) is 4.08. The molecule has 1 aliphatic rings. The Morgan fingerprint density at radius 2 is 2.10 bits per heavy atom. The van der Waals surface area contributed by atoms with E-state index in [9.17, 15) is 0 Å². The molecule has 0 spiro atoms. The Morgan fingerprint density at radius 3 is 2.50 bits per heavy atom. The molecule has 1 aliphatic heterocycles. The van der Waals surface area contributed by atoms with Crippen molar-refractivity contribution in [1.29, 1.82) is 0 Å². The molecule has 0 saturated carbocycles. The molecule has 0 aliphatic carbocycles. The second kappa shape index (κ2) is 3.63. The van der Waals surface area contributed by atoms with E-state index in [1.54, 1.807) is 0 Å². The summed E-state index contributed by atoms with van der Waals surface area (Å²) in [4.78, 5) is 2.40. The van der Waals surface area contributed by atoms with E-state index in [-0.39, 0.29) is 0 Å². The Morgan fingerprint density at radius 1 is 1.50 bits per heavy atom. The maximum atomic E-state index is 5.37. The van der Waals surface area contributed by atoms with Crippen molar-refractivity contribution in [3.05, 3.63) is 0 Å². The lowest BCUT2D eigenvalue weighted by molar-refractivity contribution is 0.286. The van der Waals surface area contributed by atoms with Gasteiger partial charge in [-0.3, -0.25) is 4.90 Å². The average molecular weight is 137 g/mol. The smallest absolute Gasteiger partial charge is 0.0709 e. The van der Waals surface area contributed by atoms with Crippen molar-refractivity contribution in [2.24, 2.45) is 0 Å². The molecule has 1 heterocycles. The lowest BCUT2D eigenvalue weighted by Gasteiger charge is -2.20. The van der Waals surface area contributed by atoms with Crippen LogP contribution in [0.4, 0.5) is 0 Å². The summed E-state index contributed by atoms with van der Waals surface area (Å²) in [7, 11) is 0. The third-order valence-electron chi connectivity index (χ3n) is 2.16. The summed E-state index contributed by atoms with van der Waals surface area (Å²) >= 11 is 0. The number of likely N-dealkylation sites (tertiary alicyclic amines) is 1. The van der Waals surface area contributed by atoms with Crippen LogP contribution in [-0.4, -0.2) is 24.0 Å². The van der Waals surface area contributed by atoms with Crippen LogP contribution in [0.25, 0.3) is 0 Å². The first-order chi connectivity index (χ1) is 4.88. The zero-order valence-corrected chi connectivity index (χ0v) is 6.64. The fourth-order valence-corrected chi connectivity index (χ4v) is 1.53. The quantitative estimate of drug-likeness (QED) is 0.521. The van der Waals surface area contributed by atoms with Gasteiger partial charge in [-0.05, 0) is 32.4 Å².